The van der Waals surface area contributed by atoms with Crippen LogP contribution in [0, 0.1) is 13.8 Å². The normalized spacial score (nSPS) is 10.9. The molecule has 0 aromatic carbocycles. The van der Waals surface area contributed by atoms with Crippen LogP contribution >= 0.6 is 23.6 Å². The number of thiophene rings is 1. The molecule has 0 unspecified atom stereocenters. The molecule has 2 aromatic rings. The standard InChI is InChI=1S/C11H13N3OS2/c1-6-7(2)17-10-9(6)11(15)14(5-13-10)4-3-8(12)16/h5H,3-4H2,1-2H3,(H2,12,16). The summed E-state index contributed by atoms with van der Waals surface area (Å²) in [6, 6.07) is 0. The fourth-order valence-corrected chi connectivity index (χ4v) is 2.74. The number of thiocarbonyl (C=S) groups is 1. The smallest absolute Gasteiger partial charge is 0.262 e. The van der Waals surface area contributed by atoms with E-state index in [1.807, 2.05) is 13.8 Å². The van der Waals surface area contributed by atoms with E-state index >= 15 is 0 Å². The van der Waals surface area contributed by atoms with Crippen LogP contribution in [-0.4, -0.2) is 14.5 Å². The van der Waals surface area contributed by atoms with E-state index in [1.165, 1.54) is 0 Å². The highest BCUT2D eigenvalue weighted by atomic mass is 32.1. The SMILES string of the molecule is Cc1sc2ncn(CCC(N)=S)c(=O)c2c1C. The van der Waals surface area contributed by atoms with Gasteiger partial charge in [-0.15, -0.1) is 11.3 Å². The molecule has 0 aliphatic heterocycles. The zero-order valence-electron chi connectivity index (χ0n) is 9.69. The van der Waals surface area contributed by atoms with Crippen LogP contribution in [0.25, 0.3) is 10.2 Å². The molecule has 17 heavy (non-hydrogen) atoms. The lowest BCUT2D eigenvalue weighted by molar-refractivity contribution is 0.688. The lowest BCUT2D eigenvalue weighted by atomic mass is 10.2. The first-order chi connectivity index (χ1) is 8.00. The fraction of sp³-hybridized carbons (Fsp3) is 0.364. The van der Waals surface area contributed by atoms with Crippen molar-refractivity contribution in [1.29, 1.82) is 0 Å². The van der Waals surface area contributed by atoms with E-state index in [4.69, 9.17) is 18.0 Å². The van der Waals surface area contributed by atoms with Gasteiger partial charge < -0.3 is 5.73 Å². The predicted molar refractivity (Wildman–Crippen MR) is 74.8 cm³/mol. The minimum absolute atomic E-state index is 0.00639. The number of nitrogens with two attached hydrogens (primary N) is 1. The van der Waals surface area contributed by atoms with Crippen LogP contribution in [0.15, 0.2) is 11.1 Å². The van der Waals surface area contributed by atoms with Crippen molar-refractivity contribution in [2.24, 2.45) is 5.73 Å². The second kappa shape index (κ2) is 4.54. The predicted octanol–water partition coefficient (Wildman–Crippen LogP) is 1.75. The maximum absolute atomic E-state index is 12.2. The molecule has 2 N–H and O–H groups in total. The van der Waals surface area contributed by atoms with Crippen LogP contribution < -0.4 is 11.3 Å². The average molecular weight is 267 g/mol. The van der Waals surface area contributed by atoms with Crippen LogP contribution in [0.1, 0.15) is 16.9 Å². The minimum Gasteiger partial charge on any atom is -0.393 e. The third-order valence-electron chi connectivity index (χ3n) is 2.75. The molecule has 4 nitrogen and oxygen atoms in total. The summed E-state index contributed by atoms with van der Waals surface area (Å²) in [6.07, 6.45) is 2.09. The van der Waals surface area contributed by atoms with Gasteiger partial charge in [0.15, 0.2) is 0 Å². The van der Waals surface area contributed by atoms with Crippen molar-refractivity contribution < 1.29 is 0 Å². The van der Waals surface area contributed by atoms with Gasteiger partial charge in [-0.3, -0.25) is 9.36 Å². The van der Waals surface area contributed by atoms with Gasteiger partial charge in [-0.25, -0.2) is 4.98 Å². The summed E-state index contributed by atoms with van der Waals surface area (Å²) in [4.78, 5) is 18.9. The van der Waals surface area contributed by atoms with Gasteiger partial charge in [0.1, 0.15) is 4.83 Å². The monoisotopic (exact) mass is 267 g/mol. The minimum atomic E-state index is -0.00639. The largest absolute Gasteiger partial charge is 0.393 e. The van der Waals surface area contributed by atoms with Gasteiger partial charge in [-0.05, 0) is 19.4 Å². The maximum atomic E-state index is 12.2. The Morgan fingerprint density at radius 1 is 1.59 bits per heavy atom. The number of rotatable bonds is 3. The maximum Gasteiger partial charge on any atom is 0.262 e. The summed E-state index contributed by atoms with van der Waals surface area (Å²) in [5.41, 5.74) is 6.45. The first-order valence-corrected chi connectivity index (χ1v) is 6.46. The van der Waals surface area contributed by atoms with E-state index in [1.54, 1.807) is 22.2 Å². The van der Waals surface area contributed by atoms with Gasteiger partial charge in [-0.2, -0.15) is 0 Å². The molecule has 0 aliphatic carbocycles. The Labute approximate surface area is 108 Å². The lowest BCUT2D eigenvalue weighted by Crippen LogP contribution is -2.23. The number of nitrogens with zero attached hydrogens (tertiary/aromatic N) is 2. The molecule has 0 saturated heterocycles. The summed E-state index contributed by atoms with van der Waals surface area (Å²) in [5.74, 6) is 0. The Balaban J connectivity index is 2.53. The van der Waals surface area contributed by atoms with Crippen LogP contribution in [0.5, 0.6) is 0 Å². The van der Waals surface area contributed by atoms with Crippen molar-refractivity contribution in [1.82, 2.24) is 9.55 Å². The molecule has 6 heteroatoms. The van der Waals surface area contributed by atoms with Gasteiger partial charge in [0.2, 0.25) is 0 Å². The Morgan fingerprint density at radius 2 is 2.29 bits per heavy atom. The van der Waals surface area contributed by atoms with Crippen LogP contribution in [0.2, 0.25) is 0 Å². The third kappa shape index (κ3) is 2.23. The van der Waals surface area contributed by atoms with Gasteiger partial charge in [0, 0.05) is 17.8 Å². The highest BCUT2D eigenvalue weighted by molar-refractivity contribution is 7.80. The highest BCUT2D eigenvalue weighted by Gasteiger charge is 2.11. The third-order valence-corrected chi connectivity index (χ3v) is 4.07. The Hall–Kier alpha value is -1.27. The molecular weight excluding hydrogens is 254 g/mol. The van der Waals surface area contributed by atoms with E-state index in [0.717, 1.165) is 20.7 Å². The molecular formula is C11H13N3OS2. The first kappa shape index (κ1) is 12.2. The zero-order chi connectivity index (χ0) is 12.6. The number of aromatic nitrogens is 2. The van der Waals surface area contributed by atoms with Crippen LogP contribution in [0.4, 0.5) is 0 Å². The van der Waals surface area contributed by atoms with Gasteiger partial charge >= 0.3 is 0 Å². The van der Waals surface area contributed by atoms with E-state index in [-0.39, 0.29) is 5.56 Å². The van der Waals surface area contributed by atoms with Gasteiger partial charge in [0.05, 0.1) is 16.7 Å². The summed E-state index contributed by atoms with van der Waals surface area (Å²) in [6.45, 7) is 4.45. The molecule has 0 amide bonds. The summed E-state index contributed by atoms with van der Waals surface area (Å²) in [5, 5.41) is 0.720. The summed E-state index contributed by atoms with van der Waals surface area (Å²) in [7, 11) is 0. The van der Waals surface area contributed by atoms with Crippen molar-refractivity contribution in [3.05, 3.63) is 27.1 Å². The van der Waals surface area contributed by atoms with Crippen molar-refractivity contribution in [3.8, 4) is 0 Å². The van der Waals surface area contributed by atoms with E-state index < -0.39 is 0 Å². The molecule has 0 saturated carbocycles. The van der Waals surface area contributed by atoms with Gasteiger partial charge in [-0.1, -0.05) is 12.2 Å². The molecule has 0 fully saturated rings. The quantitative estimate of drug-likeness (QED) is 0.861. The molecule has 90 valence electrons. The molecule has 2 aromatic heterocycles. The van der Waals surface area contributed by atoms with Crippen molar-refractivity contribution in [3.63, 3.8) is 0 Å². The summed E-state index contributed by atoms with van der Waals surface area (Å²) >= 11 is 6.36. The van der Waals surface area contributed by atoms with E-state index in [0.29, 0.717) is 18.0 Å². The first-order valence-electron chi connectivity index (χ1n) is 5.24. The Bertz CT molecular complexity index is 642. The number of fused-ring (bicyclic) bond motifs is 1. The van der Waals surface area contributed by atoms with Crippen molar-refractivity contribution in [2.45, 2.75) is 26.8 Å². The van der Waals surface area contributed by atoms with Crippen LogP contribution in [-0.2, 0) is 6.54 Å². The molecule has 0 aliphatic rings. The fourth-order valence-electron chi connectivity index (χ4n) is 1.66. The number of hydrogen-bond donors (Lipinski definition) is 1. The Morgan fingerprint density at radius 3 is 2.94 bits per heavy atom. The Kier molecular flexibility index (Phi) is 3.26. The highest BCUT2D eigenvalue weighted by Crippen LogP contribution is 2.25. The number of hydrogen-bond acceptors (Lipinski definition) is 4. The molecule has 0 radical (unpaired) electrons. The van der Waals surface area contributed by atoms with E-state index in [9.17, 15) is 4.79 Å². The van der Waals surface area contributed by atoms with Gasteiger partial charge in [0.25, 0.3) is 5.56 Å². The second-order valence-corrected chi connectivity index (χ2v) is 5.65. The lowest BCUT2D eigenvalue weighted by Gasteiger charge is -2.04. The van der Waals surface area contributed by atoms with Crippen molar-refractivity contribution >= 4 is 38.8 Å². The molecule has 2 heterocycles. The second-order valence-electron chi connectivity index (χ2n) is 3.92. The average Bonchev–Trinajstić information content (AvgIpc) is 2.54. The topological polar surface area (TPSA) is 60.9 Å². The molecule has 2 rings (SSSR count). The van der Waals surface area contributed by atoms with E-state index in [2.05, 4.69) is 4.98 Å². The number of aryl methyl sites for hydroxylation is 3. The molecule has 0 spiro atoms. The molecule has 0 atom stereocenters. The van der Waals surface area contributed by atoms with Crippen LogP contribution in [0.3, 0.4) is 0 Å². The summed E-state index contributed by atoms with van der Waals surface area (Å²) < 4.78 is 1.57. The van der Waals surface area contributed by atoms with Crippen molar-refractivity contribution in [2.75, 3.05) is 0 Å². The zero-order valence-corrected chi connectivity index (χ0v) is 11.3. The molecule has 0 bridgehead atoms.